The van der Waals surface area contributed by atoms with Crippen molar-refractivity contribution < 1.29 is 140 Å². The Morgan fingerprint density at radius 2 is 1.14 bits per heavy atom. The zero-order valence-electron chi connectivity index (χ0n) is 28.6. The van der Waals surface area contributed by atoms with Crippen molar-refractivity contribution in [1.29, 1.82) is 0 Å². The second-order valence-corrected chi connectivity index (χ2v) is 24.0. The van der Waals surface area contributed by atoms with Gasteiger partial charge in [0.2, 0.25) is 0 Å². The van der Waals surface area contributed by atoms with Gasteiger partial charge < -0.3 is 21.9 Å². The molecule has 1 aliphatic rings. The summed E-state index contributed by atoms with van der Waals surface area (Å²) in [6.45, 7) is 8.76. The van der Waals surface area contributed by atoms with E-state index >= 15 is 0 Å². The normalized spacial score (nSPS) is 9.24. The zero-order valence-corrected chi connectivity index (χ0v) is 52.9. The minimum Gasteiger partial charge on any atom is -0.693 e. The van der Waals surface area contributed by atoms with Gasteiger partial charge in [-0.15, -0.1) is 12.1 Å². The van der Waals surface area contributed by atoms with Crippen LogP contribution in [0.15, 0.2) is 72.0 Å². The molecule has 3 heterocycles. The number of hydrogen-bond donors (Lipinski definition) is 0. The summed E-state index contributed by atoms with van der Waals surface area (Å²) < 4.78 is 5.83. The molecule has 19 heteroatoms. The number of halogens is 6. The molecule has 1 aliphatic heterocycles. The predicted molar refractivity (Wildman–Crippen MR) is 252 cm³/mol. The van der Waals surface area contributed by atoms with Gasteiger partial charge in [0.1, 0.15) is -0.0619 Å². The molecule has 0 atom stereocenters. The summed E-state index contributed by atoms with van der Waals surface area (Å²) in [5.74, 6) is 0. The summed E-state index contributed by atoms with van der Waals surface area (Å²) in [7, 11) is 0. The van der Waals surface area contributed by atoms with Gasteiger partial charge in [-0.2, -0.15) is 39.5 Å². The number of fused-ring (bicyclic) bond motifs is 3. The molecule has 0 saturated carbocycles. The van der Waals surface area contributed by atoms with Crippen LogP contribution in [0.2, 0.25) is 0 Å². The number of nitrogens with zero attached hydrogens (tertiary/aromatic N) is 5. The molecule has 4 radical (unpaired) electrons. The summed E-state index contributed by atoms with van der Waals surface area (Å²) in [6, 6.07) is 17.3. The number of aliphatic imine (C=N–C) groups is 1. The molecule has 0 spiro atoms. The molecule has 3 aromatic carbocycles. The smallest absolute Gasteiger partial charge is 0.114 e. The van der Waals surface area contributed by atoms with Crippen molar-refractivity contribution in [3.05, 3.63) is 107 Å². The first-order valence-electron chi connectivity index (χ1n) is 13.4. The van der Waals surface area contributed by atoms with Crippen molar-refractivity contribution in [2.24, 2.45) is 4.99 Å². The summed E-state index contributed by atoms with van der Waals surface area (Å²) in [5.41, 5.74) is 6.97. The maximum absolute atomic E-state index is 10.4. The first kappa shape index (κ1) is 67.1. The number of nitrogens with two attached hydrogens (primary N) is 2. The van der Waals surface area contributed by atoms with E-state index in [9.17, 15) is 9.59 Å². The molecule has 2 aromatic heterocycles. The third kappa shape index (κ3) is 26.2. The van der Waals surface area contributed by atoms with E-state index in [4.69, 9.17) is 0 Å². The van der Waals surface area contributed by atoms with Crippen LogP contribution in [0.25, 0.3) is 34.1 Å². The van der Waals surface area contributed by atoms with Crippen LogP contribution in [0, 0.1) is 6.92 Å². The van der Waals surface area contributed by atoms with Crippen LogP contribution in [0.3, 0.4) is 0 Å². The summed E-state index contributed by atoms with van der Waals surface area (Å²) >= 11 is 13.6. The van der Waals surface area contributed by atoms with E-state index in [2.05, 4.69) is 183 Å². The average Bonchev–Trinajstić information content (AvgIpc) is 3.79. The minimum atomic E-state index is 0. The van der Waals surface area contributed by atoms with E-state index in [0.29, 0.717) is 11.1 Å². The van der Waals surface area contributed by atoms with Crippen LogP contribution in [0.4, 0.5) is 0 Å². The summed E-state index contributed by atoms with van der Waals surface area (Å²) in [4.78, 5) is 26.7. The Hall–Kier alpha value is 4.33. The largest absolute Gasteiger partial charge is 0.693 e. The van der Waals surface area contributed by atoms with Crippen LogP contribution in [0.5, 0.6) is 0 Å². The van der Waals surface area contributed by atoms with Gasteiger partial charge in [0, 0.05) is 167 Å². The van der Waals surface area contributed by atoms with Crippen LogP contribution in [-0.2, 0) is 160 Å². The molecule has 5 aromatic rings. The molecule has 9 nitrogen and oxygen atoms in total. The molecule has 51 heavy (non-hydrogen) atoms. The Labute approximate surface area is 485 Å². The Morgan fingerprint density at radius 3 is 1.59 bits per heavy atom. The van der Waals surface area contributed by atoms with Crippen LogP contribution < -0.4 is 0 Å². The number of aromatic nitrogens is 4. The van der Waals surface area contributed by atoms with Crippen molar-refractivity contribution in [3.8, 4) is 0 Å². The SMILES string of the molecule is CCn1ncc2cc(C)ccc21.CCn1ncc2cc([C-]=O)ccc21.CI.IC(I)I.ICI.O=[C-]c1ccc2c(c1)C=NC2.[NH2-].[NH2-].[Y].[Y].[Y].[Y]. The van der Waals surface area contributed by atoms with Crippen molar-refractivity contribution in [2.75, 3.05) is 7.36 Å². The minimum absolute atomic E-state index is 0. The third-order valence-electron chi connectivity index (χ3n) is 5.91. The Morgan fingerprint density at radius 1 is 0.725 bits per heavy atom. The van der Waals surface area contributed by atoms with Gasteiger partial charge in [-0.1, -0.05) is 159 Å². The van der Waals surface area contributed by atoms with Gasteiger partial charge in [0.25, 0.3) is 0 Å². The van der Waals surface area contributed by atoms with Gasteiger partial charge in [-0.05, 0) is 48.8 Å². The quantitative estimate of drug-likeness (QED) is 0.100. The molecular weight excluding hydrogens is 1630 g/mol. The number of alkyl halides is 6. The van der Waals surface area contributed by atoms with Crippen LogP contribution in [-0.4, -0.2) is 45.7 Å². The Balaban J connectivity index is -0.000000127. The van der Waals surface area contributed by atoms with Gasteiger partial charge in [0.15, 0.2) is 0 Å². The van der Waals surface area contributed by atoms with Crippen molar-refractivity contribution in [2.45, 2.75) is 40.3 Å². The van der Waals surface area contributed by atoms with E-state index in [-0.39, 0.29) is 143 Å². The van der Waals surface area contributed by atoms with E-state index in [1.165, 1.54) is 24.5 Å². The van der Waals surface area contributed by atoms with E-state index < -0.39 is 0 Å². The van der Waals surface area contributed by atoms with E-state index in [1.807, 2.05) is 52.1 Å². The summed E-state index contributed by atoms with van der Waals surface area (Å²) in [5, 5.41) is 10.7. The van der Waals surface area contributed by atoms with Crippen molar-refractivity contribution >= 4 is 176 Å². The number of hydrogen-bond acceptors (Lipinski definition) is 5. The molecule has 270 valence electrons. The number of benzene rings is 3. The van der Waals surface area contributed by atoms with Crippen LogP contribution >= 0.6 is 136 Å². The fraction of sp³-hybridized carbons (Fsp3) is 0.281. The molecular formula is C32H37I6N7O2Y4-4. The molecule has 0 amide bonds. The second-order valence-electron chi connectivity index (χ2n) is 8.69. The molecule has 0 aliphatic carbocycles. The third-order valence-corrected chi connectivity index (χ3v) is 5.91. The maximum atomic E-state index is 10.4. The van der Waals surface area contributed by atoms with E-state index in [1.54, 1.807) is 36.7 Å². The monoisotopic (exact) mass is 1670 g/mol. The Bertz CT molecular complexity index is 1660. The molecule has 0 bridgehead atoms. The van der Waals surface area contributed by atoms with Crippen molar-refractivity contribution in [3.63, 3.8) is 0 Å². The van der Waals surface area contributed by atoms with Gasteiger partial charge in [-0.3, -0.25) is 14.4 Å². The second kappa shape index (κ2) is 41.1. The predicted octanol–water partition coefficient (Wildman–Crippen LogP) is 11.8. The molecule has 0 fully saturated rings. The maximum Gasteiger partial charge on any atom is 0.114 e. The standard InChI is InChI=1S/C10H9N2O.C10H12N2.C9H6NO.CHI3.CH2I2.CH3I.2H2N.4Y/c1-2-12-10-4-3-8(7-13)5-9(10)6-11-12;1-3-12-10-5-4-8(2)6-9(10)7-11-12;11-6-7-1-2-8-4-10-5-9(8)3-7;2-1(3)4;2-1-3;1-2;;;;;;/h3-6H,2H2,1H3;4-7H,3H2,1-2H3;1-3,5H,4H2;1H;1H2;1H3;2*1H2;;;;/q-1;;-1;;;;2*-1;;;;. The number of aryl methyl sites for hydroxylation is 3. The fourth-order valence-corrected chi connectivity index (χ4v) is 4.03. The number of rotatable bonds is 4. The number of carbonyl (C=O) groups excluding carboxylic acids is 2. The molecule has 6 rings (SSSR count). The first-order valence-corrected chi connectivity index (χ1v) is 22.3. The Kier molecular flexibility index (Phi) is 54.1. The first-order chi connectivity index (χ1) is 21.7. The van der Waals surface area contributed by atoms with Gasteiger partial charge in [-0.25, -0.2) is 0 Å². The molecule has 0 saturated heterocycles. The summed E-state index contributed by atoms with van der Waals surface area (Å²) in [6.07, 6.45) is 9.18. The topological polar surface area (TPSA) is 149 Å². The molecule has 4 N–H and O–H groups in total. The van der Waals surface area contributed by atoms with E-state index in [0.717, 1.165) is 36.0 Å². The zero-order chi connectivity index (χ0) is 33.8. The van der Waals surface area contributed by atoms with Crippen LogP contribution in [0.1, 0.15) is 41.7 Å². The van der Waals surface area contributed by atoms with Crippen molar-refractivity contribution in [1.82, 2.24) is 19.6 Å². The van der Waals surface area contributed by atoms with Gasteiger partial charge >= 0.3 is 0 Å². The molecule has 0 unspecified atom stereocenters. The van der Waals surface area contributed by atoms with Gasteiger partial charge in [0.05, 0.1) is 33.3 Å². The average molecular weight is 1670 g/mol. The fourth-order valence-electron chi connectivity index (χ4n) is 4.03.